The average molecular weight is 328 g/mol. The third-order valence-corrected chi connectivity index (χ3v) is 7.16. The highest BCUT2D eigenvalue weighted by molar-refractivity contribution is 5.79. The van der Waals surface area contributed by atoms with E-state index in [0.717, 1.165) is 5.92 Å². The van der Waals surface area contributed by atoms with Gasteiger partial charge in [0.05, 0.1) is 6.54 Å². The normalized spacial score (nSPS) is 36.9. The zero-order chi connectivity index (χ0) is 15.1. The number of halogens is 1. The summed E-state index contributed by atoms with van der Waals surface area (Å²) in [6.45, 7) is 7.49. The van der Waals surface area contributed by atoms with E-state index in [4.69, 9.17) is 0 Å². The van der Waals surface area contributed by atoms with Crippen LogP contribution in [0.5, 0.6) is 0 Å². The van der Waals surface area contributed by atoms with Crippen LogP contribution < -0.4 is 23.0 Å². The van der Waals surface area contributed by atoms with Gasteiger partial charge in [-0.15, -0.1) is 0 Å². The first kappa shape index (κ1) is 18.1. The second-order valence-electron chi connectivity index (χ2n) is 8.39. The van der Waals surface area contributed by atoms with Crippen molar-refractivity contribution in [2.45, 2.75) is 83.7 Å². The summed E-state index contributed by atoms with van der Waals surface area (Å²) in [7, 11) is 0. The highest BCUT2D eigenvalue weighted by Crippen LogP contribution is 2.61. The summed E-state index contributed by atoms with van der Waals surface area (Å²) in [5, 5.41) is 6.89. The molecule has 0 aromatic rings. The Labute approximate surface area is 141 Å². The molecule has 3 rings (SSSR count). The van der Waals surface area contributed by atoms with Crippen LogP contribution in [-0.4, -0.2) is 24.0 Å². The molecular weight excluding hydrogens is 296 g/mol. The van der Waals surface area contributed by atoms with Crippen molar-refractivity contribution >= 4 is 5.91 Å². The van der Waals surface area contributed by atoms with Crippen LogP contribution in [0.4, 0.5) is 0 Å². The molecule has 3 unspecified atom stereocenters. The van der Waals surface area contributed by atoms with Crippen molar-refractivity contribution in [1.29, 1.82) is 0 Å². The molecule has 0 aromatic heterocycles. The van der Waals surface area contributed by atoms with Crippen molar-refractivity contribution in [1.82, 2.24) is 10.6 Å². The van der Waals surface area contributed by atoms with Crippen LogP contribution in [0.2, 0.25) is 0 Å². The van der Waals surface area contributed by atoms with Crippen molar-refractivity contribution in [2.24, 2.45) is 17.3 Å². The molecule has 0 aliphatic heterocycles. The van der Waals surface area contributed by atoms with Crippen molar-refractivity contribution in [2.75, 3.05) is 6.54 Å². The van der Waals surface area contributed by atoms with Crippen LogP contribution in [0, 0.1) is 17.3 Å². The maximum atomic E-state index is 12.4. The third-order valence-electron chi connectivity index (χ3n) is 7.16. The van der Waals surface area contributed by atoms with Crippen LogP contribution in [-0.2, 0) is 4.79 Å². The molecule has 1 amide bonds. The number of hydrogen-bond donors (Lipinski definition) is 2. The summed E-state index contributed by atoms with van der Waals surface area (Å²) in [5.74, 6) is 1.67. The molecule has 0 spiro atoms. The van der Waals surface area contributed by atoms with Gasteiger partial charge in [-0.2, -0.15) is 0 Å². The quantitative estimate of drug-likeness (QED) is 0.777. The zero-order valence-electron chi connectivity index (χ0n) is 14.4. The zero-order valence-corrected chi connectivity index (χ0v) is 15.1. The first-order valence-corrected chi connectivity index (χ1v) is 8.98. The van der Waals surface area contributed by atoms with Crippen LogP contribution in [0.25, 0.3) is 0 Å². The number of fused-ring (bicyclic) bond motifs is 2. The molecule has 2 bridgehead atoms. The summed E-state index contributed by atoms with van der Waals surface area (Å²) in [6.07, 6.45) is 10.4. The monoisotopic (exact) mass is 327 g/mol. The highest BCUT2D eigenvalue weighted by atomic mass is 35.5. The van der Waals surface area contributed by atoms with Gasteiger partial charge < -0.3 is 23.0 Å². The minimum atomic E-state index is -0.0127. The van der Waals surface area contributed by atoms with E-state index in [1.54, 1.807) is 0 Å². The van der Waals surface area contributed by atoms with E-state index in [9.17, 15) is 4.79 Å². The van der Waals surface area contributed by atoms with E-state index >= 15 is 0 Å². The second-order valence-corrected chi connectivity index (χ2v) is 8.39. The Kier molecular flexibility index (Phi) is 5.49. The summed E-state index contributed by atoms with van der Waals surface area (Å²) in [6, 6.07) is 0.561. The van der Waals surface area contributed by atoms with E-state index in [0.29, 0.717) is 18.5 Å². The van der Waals surface area contributed by atoms with Gasteiger partial charge in [0.1, 0.15) is 0 Å². The molecule has 3 saturated carbocycles. The average Bonchev–Trinajstić information content (AvgIpc) is 3.01. The predicted molar refractivity (Wildman–Crippen MR) is 86.0 cm³/mol. The molecule has 0 saturated heterocycles. The smallest absolute Gasteiger partial charge is 0.234 e. The molecule has 4 heteroatoms. The lowest BCUT2D eigenvalue weighted by atomic mass is 9.64. The maximum Gasteiger partial charge on any atom is 0.234 e. The lowest BCUT2D eigenvalue weighted by Crippen LogP contribution is -3.00. The SMILES string of the molecule is CC1(C)C2CCC(C2)C1(C)NC(=O)CNC1CCCCC1.[Cl-]. The van der Waals surface area contributed by atoms with Crippen molar-refractivity contribution in [3.8, 4) is 0 Å². The number of hydrogen-bond acceptors (Lipinski definition) is 2. The summed E-state index contributed by atoms with van der Waals surface area (Å²) >= 11 is 0. The van der Waals surface area contributed by atoms with Gasteiger partial charge >= 0.3 is 0 Å². The van der Waals surface area contributed by atoms with Gasteiger partial charge in [0, 0.05) is 11.6 Å². The Morgan fingerprint density at radius 1 is 1.00 bits per heavy atom. The molecule has 0 radical (unpaired) electrons. The summed E-state index contributed by atoms with van der Waals surface area (Å²) < 4.78 is 0. The van der Waals surface area contributed by atoms with Crippen molar-refractivity contribution < 1.29 is 17.2 Å². The molecule has 0 heterocycles. The molecular formula is C18H32ClN2O-. The lowest BCUT2D eigenvalue weighted by Gasteiger charge is -2.48. The Balaban J connectivity index is 0.00000176. The number of nitrogens with one attached hydrogen (secondary N) is 2. The Bertz CT molecular complexity index is 406. The minimum absolute atomic E-state index is 0. The topological polar surface area (TPSA) is 41.1 Å². The van der Waals surface area contributed by atoms with Gasteiger partial charge in [0.15, 0.2) is 0 Å². The molecule has 3 atom stereocenters. The van der Waals surface area contributed by atoms with Crippen LogP contribution in [0.1, 0.15) is 72.1 Å². The molecule has 128 valence electrons. The van der Waals surface area contributed by atoms with E-state index in [1.165, 1.54) is 51.4 Å². The first-order chi connectivity index (χ1) is 9.93. The number of carbonyl (C=O) groups is 1. The Hall–Kier alpha value is -0.280. The number of rotatable bonds is 4. The molecule has 3 nitrogen and oxygen atoms in total. The Morgan fingerprint density at radius 2 is 1.64 bits per heavy atom. The molecule has 3 aliphatic rings. The summed E-state index contributed by atoms with van der Waals surface area (Å²) in [4.78, 5) is 12.4. The van der Waals surface area contributed by atoms with Crippen LogP contribution in [0.15, 0.2) is 0 Å². The van der Waals surface area contributed by atoms with Crippen LogP contribution >= 0.6 is 0 Å². The third kappa shape index (κ3) is 3.03. The standard InChI is InChI=1S/C18H32N2O.ClH/c1-17(2)13-9-10-14(11-13)18(17,3)20-16(21)12-19-15-7-5-4-6-8-15;/h13-15,19H,4-12H2,1-3H3,(H,20,21);1H/p-1. The van der Waals surface area contributed by atoms with Crippen molar-refractivity contribution in [3.05, 3.63) is 0 Å². The van der Waals surface area contributed by atoms with Gasteiger partial charge in [-0.3, -0.25) is 4.79 Å². The molecule has 2 N–H and O–H groups in total. The van der Waals surface area contributed by atoms with E-state index in [-0.39, 0.29) is 29.3 Å². The molecule has 0 aromatic carbocycles. The fraction of sp³-hybridized carbons (Fsp3) is 0.944. The van der Waals surface area contributed by atoms with E-state index < -0.39 is 0 Å². The van der Waals surface area contributed by atoms with Gasteiger partial charge in [-0.1, -0.05) is 33.1 Å². The molecule has 3 aliphatic carbocycles. The predicted octanol–water partition coefficient (Wildman–Crippen LogP) is 0.244. The lowest BCUT2D eigenvalue weighted by molar-refractivity contribution is -0.124. The maximum absolute atomic E-state index is 12.4. The van der Waals surface area contributed by atoms with Gasteiger partial charge in [-0.05, 0) is 56.3 Å². The highest BCUT2D eigenvalue weighted by Gasteiger charge is 2.60. The van der Waals surface area contributed by atoms with Gasteiger partial charge in [-0.25, -0.2) is 0 Å². The fourth-order valence-corrected chi connectivity index (χ4v) is 5.25. The number of carbonyl (C=O) groups excluding carboxylic acids is 1. The molecule has 3 fully saturated rings. The minimum Gasteiger partial charge on any atom is -1.00 e. The number of amides is 1. The van der Waals surface area contributed by atoms with E-state index in [1.807, 2.05) is 0 Å². The molecule has 22 heavy (non-hydrogen) atoms. The van der Waals surface area contributed by atoms with Crippen molar-refractivity contribution in [3.63, 3.8) is 0 Å². The summed E-state index contributed by atoms with van der Waals surface area (Å²) in [5.41, 5.74) is 0.220. The first-order valence-electron chi connectivity index (χ1n) is 8.98. The van der Waals surface area contributed by atoms with E-state index in [2.05, 4.69) is 31.4 Å². The fourth-order valence-electron chi connectivity index (χ4n) is 5.25. The Morgan fingerprint density at radius 3 is 2.23 bits per heavy atom. The van der Waals surface area contributed by atoms with Gasteiger partial charge in [0.25, 0.3) is 0 Å². The van der Waals surface area contributed by atoms with Gasteiger partial charge in [0.2, 0.25) is 5.91 Å². The second kappa shape index (κ2) is 6.68. The largest absolute Gasteiger partial charge is 1.00 e. The van der Waals surface area contributed by atoms with Crippen LogP contribution in [0.3, 0.4) is 0 Å².